The standard InChI is InChI=1S/C8H11N3O3/c1-13-8-3-2-4-11-6(8)5(9-10-11)7(12)14-8/h5-6H,2-4H2,1H3/t5-,6+,8+/m1/s1. The zero-order valence-electron chi connectivity index (χ0n) is 7.84. The van der Waals surface area contributed by atoms with Crippen LogP contribution in [-0.4, -0.2) is 42.5 Å². The summed E-state index contributed by atoms with van der Waals surface area (Å²) in [5.41, 5.74) is 0. The second-order valence-corrected chi connectivity index (χ2v) is 3.80. The van der Waals surface area contributed by atoms with Gasteiger partial charge in [-0.3, -0.25) is 5.01 Å². The highest BCUT2D eigenvalue weighted by Crippen LogP contribution is 2.43. The molecule has 0 amide bonds. The van der Waals surface area contributed by atoms with Crippen LogP contribution in [0.25, 0.3) is 0 Å². The Balaban J connectivity index is 2.03. The molecule has 14 heavy (non-hydrogen) atoms. The monoisotopic (exact) mass is 197 g/mol. The third-order valence-corrected chi connectivity index (χ3v) is 3.13. The summed E-state index contributed by atoms with van der Waals surface area (Å²) in [6, 6.07) is -0.621. The Hall–Kier alpha value is -1.17. The van der Waals surface area contributed by atoms with Crippen LogP contribution >= 0.6 is 0 Å². The van der Waals surface area contributed by atoms with Crippen molar-refractivity contribution in [2.24, 2.45) is 10.3 Å². The van der Waals surface area contributed by atoms with Crippen LogP contribution in [-0.2, 0) is 14.3 Å². The zero-order valence-corrected chi connectivity index (χ0v) is 7.84. The topological polar surface area (TPSA) is 63.5 Å². The van der Waals surface area contributed by atoms with Crippen molar-refractivity contribution in [2.45, 2.75) is 30.7 Å². The number of nitrogens with zero attached hydrogens (tertiary/aromatic N) is 3. The minimum absolute atomic E-state index is 0.145. The SMILES string of the molecule is CO[C@@]12CCCN3N=N[C@@H](C(=O)O1)[C@H]32. The van der Waals surface area contributed by atoms with Crippen LogP contribution in [0.2, 0.25) is 0 Å². The Kier molecular flexibility index (Phi) is 1.42. The summed E-state index contributed by atoms with van der Waals surface area (Å²) in [7, 11) is 1.57. The quantitative estimate of drug-likeness (QED) is 0.559. The molecule has 0 bridgehead atoms. The van der Waals surface area contributed by atoms with Crippen molar-refractivity contribution in [3.05, 3.63) is 0 Å². The first-order valence-corrected chi connectivity index (χ1v) is 4.72. The van der Waals surface area contributed by atoms with Crippen molar-refractivity contribution in [3.63, 3.8) is 0 Å². The molecule has 0 N–H and O–H groups in total. The van der Waals surface area contributed by atoms with Gasteiger partial charge in [0.2, 0.25) is 5.79 Å². The molecule has 76 valence electrons. The van der Waals surface area contributed by atoms with E-state index in [0.717, 1.165) is 19.4 Å². The van der Waals surface area contributed by atoms with Gasteiger partial charge in [-0.15, -0.1) is 0 Å². The molecule has 2 saturated heterocycles. The molecule has 0 spiro atoms. The van der Waals surface area contributed by atoms with Crippen LogP contribution in [0, 0.1) is 0 Å². The molecule has 0 aromatic rings. The molecule has 0 aliphatic carbocycles. The molecule has 6 heteroatoms. The van der Waals surface area contributed by atoms with Gasteiger partial charge in [0.05, 0.1) is 0 Å². The van der Waals surface area contributed by atoms with E-state index < -0.39 is 11.8 Å². The Bertz CT molecular complexity index is 319. The first-order chi connectivity index (χ1) is 6.77. The van der Waals surface area contributed by atoms with E-state index in [9.17, 15) is 4.79 Å². The average molecular weight is 197 g/mol. The predicted molar refractivity (Wildman–Crippen MR) is 44.2 cm³/mol. The molecule has 3 aliphatic rings. The number of hydrogen-bond acceptors (Lipinski definition) is 6. The van der Waals surface area contributed by atoms with Gasteiger partial charge in [0.1, 0.15) is 6.04 Å². The van der Waals surface area contributed by atoms with Crippen LogP contribution in [0.1, 0.15) is 12.8 Å². The first kappa shape index (κ1) is 8.16. The summed E-state index contributed by atoms with van der Waals surface area (Å²) in [4.78, 5) is 11.5. The Morgan fingerprint density at radius 2 is 2.57 bits per heavy atom. The average Bonchev–Trinajstić information content (AvgIpc) is 2.73. The van der Waals surface area contributed by atoms with Gasteiger partial charge in [0.15, 0.2) is 6.04 Å². The number of carbonyl (C=O) groups excluding carboxylic acids is 1. The zero-order chi connectivity index (χ0) is 9.76. The Labute approximate surface area is 80.8 Å². The summed E-state index contributed by atoms with van der Waals surface area (Å²) in [5.74, 6) is -1.12. The van der Waals surface area contributed by atoms with Crippen molar-refractivity contribution < 1.29 is 14.3 Å². The molecule has 0 aromatic heterocycles. The van der Waals surface area contributed by atoms with E-state index in [1.165, 1.54) is 0 Å². The van der Waals surface area contributed by atoms with E-state index in [1.807, 2.05) is 5.01 Å². The molecule has 0 unspecified atom stereocenters. The third-order valence-electron chi connectivity index (χ3n) is 3.13. The highest BCUT2D eigenvalue weighted by atomic mass is 16.7. The molecule has 3 atom stereocenters. The van der Waals surface area contributed by atoms with Crippen LogP contribution in [0.4, 0.5) is 0 Å². The van der Waals surface area contributed by atoms with E-state index in [-0.39, 0.29) is 12.0 Å². The van der Waals surface area contributed by atoms with Gasteiger partial charge >= 0.3 is 5.97 Å². The predicted octanol–water partition coefficient (Wildman–Crippen LogP) is 0.0997. The summed E-state index contributed by atoms with van der Waals surface area (Å²) in [5, 5.41) is 9.68. The molecule has 3 aliphatic heterocycles. The summed E-state index contributed by atoms with van der Waals surface area (Å²) < 4.78 is 10.6. The van der Waals surface area contributed by atoms with E-state index in [2.05, 4.69) is 10.3 Å². The number of rotatable bonds is 1. The lowest BCUT2D eigenvalue weighted by atomic mass is 9.94. The maximum atomic E-state index is 11.5. The molecule has 0 aromatic carbocycles. The molecule has 3 heterocycles. The van der Waals surface area contributed by atoms with Crippen molar-refractivity contribution >= 4 is 5.97 Å². The lowest BCUT2D eigenvalue weighted by Gasteiger charge is -2.38. The van der Waals surface area contributed by atoms with Crippen molar-refractivity contribution in [1.29, 1.82) is 0 Å². The fourth-order valence-electron chi connectivity index (χ4n) is 2.47. The molecular weight excluding hydrogens is 186 g/mol. The fourth-order valence-corrected chi connectivity index (χ4v) is 2.47. The van der Waals surface area contributed by atoms with Gasteiger partial charge in [0, 0.05) is 20.1 Å². The van der Waals surface area contributed by atoms with Gasteiger partial charge in [-0.05, 0) is 6.42 Å². The van der Waals surface area contributed by atoms with E-state index in [1.54, 1.807) is 7.11 Å². The number of hydrogen-bond donors (Lipinski definition) is 0. The van der Waals surface area contributed by atoms with Crippen LogP contribution in [0.3, 0.4) is 0 Å². The van der Waals surface area contributed by atoms with E-state index >= 15 is 0 Å². The van der Waals surface area contributed by atoms with Crippen molar-refractivity contribution in [2.75, 3.05) is 13.7 Å². The highest BCUT2D eigenvalue weighted by Gasteiger charge is 2.63. The smallest absolute Gasteiger partial charge is 0.338 e. The Morgan fingerprint density at radius 1 is 1.71 bits per heavy atom. The van der Waals surface area contributed by atoms with E-state index in [4.69, 9.17) is 9.47 Å². The highest BCUT2D eigenvalue weighted by molar-refractivity contribution is 5.80. The molecular formula is C8H11N3O3. The number of carbonyl (C=O) groups is 1. The lowest BCUT2D eigenvalue weighted by molar-refractivity contribution is -0.232. The maximum absolute atomic E-state index is 11.5. The van der Waals surface area contributed by atoms with Gasteiger partial charge in [-0.25, -0.2) is 4.79 Å². The molecule has 0 radical (unpaired) electrons. The molecule has 6 nitrogen and oxygen atoms in total. The Morgan fingerprint density at radius 3 is 3.36 bits per heavy atom. The van der Waals surface area contributed by atoms with Gasteiger partial charge in [-0.2, -0.15) is 5.11 Å². The van der Waals surface area contributed by atoms with Crippen LogP contribution in [0.5, 0.6) is 0 Å². The lowest BCUT2D eigenvalue weighted by Crippen LogP contribution is -2.54. The molecule has 0 saturated carbocycles. The summed E-state index contributed by atoms with van der Waals surface area (Å²) >= 11 is 0. The van der Waals surface area contributed by atoms with Gasteiger partial charge in [0.25, 0.3) is 0 Å². The van der Waals surface area contributed by atoms with Crippen LogP contribution in [0.15, 0.2) is 10.3 Å². The van der Waals surface area contributed by atoms with Crippen molar-refractivity contribution in [3.8, 4) is 0 Å². The van der Waals surface area contributed by atoms with Crippen LogP contribution < -0.4 is 0 Å². The second kappa shape index (κ2) is 2.44. The van der Waals surface area contributed by atoms with Gasteiger partial charge < -0.3 is 9.47 Å². The first-order valence-electron chi connectivity index (χ1n) is 4.72. The number of piperidine rings is 1. The minimum atomic E-state index is -0.802. The molecule has 3 rings (SSSR count). The number of ether oxygens (including phenoxy) is 2. The largest absolute Gasteiger partial charge is 0.429 e. The minimum Gasteiger partial charge on any atom is -0.429 e. The van der Waals surface area contributed by atoms with E-state index in [0.29, 0.717) is 0 Å². The van der Waals surface area contributed by atoms with Gasteiger partial charge in [-0.1, -0.05) is 5.22 Å². The summed E-state index contributed by atoms with van der Waals surface area (Å²) in [6.07, 6.45) is 1.64. The third kappa shape index (κ3) is 0.771. The maximum Gasteiger partial charge on any atom is 0.338 e. The number of esters is 1. The number of methoxy groups -OCH3 is 1. The molecule has 2 fully saturated rings. The summed E-state index contributed by atoms with van der Waals surface area (Å²) in [6.45, 7) is 0.826. The van der Waals surface area contributed by atoms with Crippen molar-refractivity contribution in [1.82, 2.24) is 5.01 Å². The second-order valence-electron chi connectivity index (χ2n) is 3.80. The fraction of sp³-hybridized carbons (Fsp3) is 0.875. The normalized spacial score (nSPS) is 44.1.